The van der Waals surface area contributed by atoms with Gasteiger partial charge in [0, 0.05) is 25.9 Å². The molecule has 0 saturated heterocycles. The van der Waals surface area contributed by atoms with Crippen LogP contribution in [0.1, 0.15) is 12.0 Å². The smallest absolute Gasteiger partial charge is 0.306 e. The van der Waals surface area contributed by atoms with Crippen molar-refractivity contribution >= 4 is 11.6 Å². The maximum atomic E-state index is 11.7. The third-order valence-corrected chi connectivity index (χ3v) is 3.25. The van der Waals surface area contributed by atoms with Gasteiger partial charge in [-0.25, -0.2) is 0 Å². The first-order valence-corrected chi connectivity index (χ1v) is 7.20. The Morgan fingerprint density at radius 2 is 2.13 bits per heavy atom. The van der Waals surface area contributed by atoms with Gasteiger partial charge in [0.1, 0.15) is 12.4 Å². The van der Waals surface area contributed by atoms with Gasteiger partial charge in [0.25, 0.3) is 0 Å². The molecule has 0 fully saturated rings. The molecule has 2 rings (SSSR count). The lowest BCUT2D eigenvalue weighted by Crippen LogP contribution is -2.33. The summed E-state index contributed by atoms with van der Waals surface area (Å²) in [5, 5.41) is 26.9. The lowest BCUT2D eigenvalue weighted by atomic mass is 10.1. The molecular weight excluding hydrogens is 300 g/mol. The van der Waals surface area contributed by atoms with Gasteiger partial charge in [-0.1, -0.05) is 30.3 Å². The molecule has 122 valence electrons. The van der Waals surface area contributed by atoms with Gasteiger partial charge in [-0.15, -0.1) is 0 Å². The number of aliphatic hydroxyl groups excluding tert-OH is 1. The van der Waals surface area contributed by atoms with Crippen molar-refractivity contribution < 1.29 is 14.8 Å². The van der Waals surface area contributed by atoms with Crippen LogP contribution in [0.3, 0.4) is 0 Å². The number of hydrogen-bond donors (Lipinski definition) is 2. The second kappa shape index (κ2) is 8.04. The minimum Gasteiger partial charge on any atom is -0.391 e. The van der Waals surface area contributed by atoms with Crippen molar-refractivity contribution in [3.05, 3.63) is 58.4 Å². The maximum absolute atomic E-state index is 11.7. The van der Waals surface area contributed by atoms with Crippen LogP contribution in [0.4, 0.5) is 5.69 Å². The van der Waals surface area contributed by atoms with Crippen molar-refractivity contribution in [1.29, 1.82) is 0 Å². The van der Waals surface area contributed by atoms with Gasteiger partial charge in [-0.05, 0) is 5.56 Å². The summed E-state index contributed by atoms with van der Waals surface area (Å²) >= 11 is 0. The fourth-order valence-corrected chi connectivity index (χ4v) is 2.06. The quantitative estimate of drug-likeness (QED) is 0.555. The molecule has 1 aromatic carbocycles. The van der Waals surface area contributed by atoms with Gasteiger partial charge in [0.15, 0.2) is 0 Å². The second-order valence-corrected chi connectivity index (χ2v) is 5.12. The average molecular weight is 318 g/mol. The normalized spacial score (nSPS) is 11.9. The number of rotatable bonds is 8. The summed E-state index contributed by atoms with van der Waals surface area (Å²) in [6.07, 6.45) is 2.36. The van der Waals surface area contributed by atoms with E-state index in [-0.39, 0.29) is 31.1 Å². The summed E-state index contributed by atoms with van der Waals surface area (Å²) in [5.41, 5.74) is 0.891. The topological polar surface area (TPSA) is 110 Å². The molecule has 0 aliphatic heterocycles. The van der Waals surface area contributed by atoms with E-state index in [4.69, 9.17) is 0 Å². The fourth-order valence-electron chi connectivity index (χ4n) is 2.06. The molecule has 2 N–H and O–H groups in total. The molecule has 1 aromatic heterocycles. The zero-order valence-electron chi connectivity index (χ0n) is 12.5. The Balaban J connectivity index is 1.69. The molecule has 1 atom stereocenters. The Morgan fingerprint density at radius 3 is 2.78 bits per heavy atom. The van der Waals surface area contributed by atoms with Crippen molar-refractivity contribution in [2.75, 3.05) is 6.54 Å². The number of aliphatic hydroxyl groups is 1. The average Bonchev–Trinajstić information content (AvgIpc) is 3.01. The highest BCUT2D eigenvalue weighted by Gasteiger charge is 2.11. The monoisotopic (exact) mass is 318 g/mol. The Labute approximate surface area is 132 Å². The van der Waals surface area contributed by atoms with E-state index >= 15 is 0 Å². The molecule has 23 heavy (non-hydrogen) atoms. The van der Waals surface area contributed by atoms with Crippen molar-refractivity contribution in [3.8, 4) is 0 Å². The number of nitro groups is 1. The van der Waals surface area contributed by atoms with Gasteiger partial charge in [-0.3, -0.25) is 19.6 Å². The first-order valence-electron chi connectivity index (χ1n) is 7.20. The molecule has 0 bridgehead atoms. The Hall–Kier alpha value is -2.74. The van der Waals surface area contributed by atoms with Gasteiger partial charge < -0.3 is 10.4 Å². The zero-order chi connectivity index (χ0) is 16.7. The van der Waals surface area contributed by atoms with Crippen LogP contribution in [-0.4, -0.2) is 38.4 Å². The number of hydrogen-bond acceptors (Lipinski definition) is 5. The number of nitrogens with zero attached hydrogens (tertiary/aromatic N) is 3. The van der Waals surface area contributed by atoms with Crippen molar-refractivity contribution in [2.45, 2.75) is 25.5 Å². The molecule has 1 unspecified atom stereocenters. The molecule has 2 aromatic rings. The Kier molecular flexibility index (Phi) is 5.81. The van der Waals surface area contributed by atoms with Crippen molar-refractivity contribution in [1.82, 2.24) is 15.1 Å². The van der Waals surface area contributed by atoms with Crippen LogP contribution in [-0.2, 0) is 17.8 Å². The Morgan fingerprint density at radius 1 is 1.39 bits per heavy atom. The predicted octanol–water partition coefficient (Wildman–Crippen LogP) is 0.901. The van der Waals surface area contributed by atoms with Crippen molar-refractivity contribution in [3.63, 3.8) is 0 Å². The molecular formula is C15H18N4O4. The predicted molar refractivity (Wildman–Crippen MR) is 82.7 cm³/mol. The summed E-state index contributed by atoms with van der Waals surface area (Å²) in [4.78, 5) is 21.7. The standard InChI is InChI=1S/C15H18N4O4/c20-14(8-12-4-2-1-3-5-12)10-16-15(21)6-7-18-11-13(9-17-18)19(22)23/h1-5,9,11,14,20H,6-8,10H2,(H,16,21). The zero-order valence-corrected chi connectivity index (χ0v) is 12.5. The van der Waals surface area contributed by atoms with Crippen LogP contribution in [0.5, 0.6) is 0 Å². The first kappa shape index (κ1) is 16.6. The summed E-state index contributed by atoms with van der Waals surface area (Å²) in [6, 6.07) is 9.51. The first-order chi connectivity index (χ1) is 11.0. The van der Waals surface area contributed by atoms with Gasteiger partial charge in [0.2, 0.25) is 5.91 Å². The molecule has 0 spiro atoms. The highest BCUT2D eigenvalue weighted by atomic mass is 16.6. The van der Waals surface area contributed by atoms with Crippen molar-refractivity contribution in [2.24, 2.45) is 0 Å². The lowest BCUT2D eigenvalue weighted by Gasteiger charge is -2.12. The third-order valence-electron chi connectivity index (χ3n) is 3.25. The molecule has 0 radical (unpaired) electrons. The summed E-state index contributed by atoms with van der Waals surface area (Å²) < 4.78 is 1.35. The number of amides is 1. The van der Waals surface area contributed by atoms with Crippen LogP contribution in [0.2, 0.25) is 0 Å². The molecule has 8 nitrogen and oxygen atoms in total. The third kappa shape index (κ3) is 5.51. The number of aryl methyl sites for hydroxylation is 1. The summed E-state index contributed by atoms with van der Waals surface area (Å²) in [6.45, 7) is 0.404. The summed E-state index contributed by atoms with van der Waals surface area (Å²) in [7, 11) is 0. The van der Waals surface area contributed by atoms with E-state index in [1.54, 1.807) is 0 Å². The van der Waals surface area contributed by atoms with E-state index in [0.29, 0.717) is 6.42 Å². The van der Waals surface area contributed by atoms with Crippen LogP contribution in [0.25, 0.3) is 0 Å². The minimum atomic E-state index is -0.660. The Bertz CT molecular complexity index is 657. The summed E-state index contributed by atoms with van der Waals surface area (Å²) in [5.74, 6) is -0.240. The largest absolute Gasteiger partial charge is 0.391 e. The SMILES string of the molecule is O=C(CCn1cc([N+](=O)[O-])cn1)NCC(O)Cc1ccccc1. The van der Waals surface area contributed by atoms with E-state index < -0.39 is 11.0 Å². The molecule has 0 aliphatic carbocycles. The second-order valence-electron chi connectivity index (χ2n) is 5.12. The van der Waals surface area contributed by atoms with Gasteiger partial charge in [-0.2, -0.15) is 5.10 Å². The minimum absolute atomic E-state index is 0.108. The molecule has 0 saturated carbocycles. The van der Waals surface area contributed by atoms with Gasteiger partial charge in [0.05, 0.1) is 11.0 Å². The van der Waals surface area contributed by atoms with E-state index in [1.807, 2.05) is 30.3 Å². The number of aromatic nitrogens is 2. The highest BCUT2D eigenvalue weighted by Crippen LogP contribution is 2.08. The molecule has 8 heteroatoms. The molecule has 0 aliphatic rings. The lowest BCUT2D eigenvalue weighted by molar-refractivity contribution is -0.385. The molecule has 1 heterocycles. The van der Waals surface area contributed by atoms with Crippen LogP contribution < -0.4 is 5.32 Å². The number of carbonyl (C=O) groups excluding carboxylic acids is 1. The fraction of sp³-hybridized carbons (Fsp3) is 0.333. The van der Waals surface area contributed by atoms with E-state index in [2.05, 4.69) is 10.4 Å². The van der Waals surface area contributed by atoms with Crippen LogP contribution >= 0.6 is 0 Å². The van der Waals surface area contributed by atoms with E-state index in [1.165, 1.54) is 10.9 Å². The van der Waals surface area contributed by atoms with Crippen LogP contribution in [0.15, 0.2) is 42.7 Å². The number of carbonyl (C=O) groups is 1. The number of nitrogens with one attached hydrogen (secondary N) is 1. The number of benzene rings is 1. The van der Waals surface area contributed by atoms with Crippen LogP contribution in [0, 0.1) is 10.1 Å². The van der Waals surface area contributed by atoms with Gasteiger partial charge >= 0.3 is 5.69 Å². The molecule has 1 amide bonds. The van der Waals surface area contributed by atoms with E-state index in [0.717, 1.165) is 11.8 Å². The highest BCUT2D eigenvalue weighted by molar-refractivity contribution is 5.75. The maximum Gasteiger partial charge on any atom is 0.306 e. The van der Waals surface area contributed by atoms with E-state index in [9.17, 15) is 20.0 Å².